The minimum absolute atomic E-state index is 0.116. The van der Waals surface area contributed by atoms with Crippen LogP contribution in [0, 0.1) is 0 Å². The lowest BCUT2D eigenvalue weighted by Crippen LogP contribution is -2.46. The van der Waals surface area contributed by atoms with Crippen molar-refractivity contribution in [3.63, 3.8) is 0 Å². The Kier molecular flexibility index (Phi) is 4.63. The Morgan fingerprint density at radius 1 is 1.47 bits per heavy atom. The lowest BCUT2D eigenvalue weighted by molar-refractivity contribution is 0.0842. The molecular weight excluding hydrogens is 244 g/mol. The van der Waals surface area contributed by atoms with E-state index in [2.05, 4.69) is 5.32 Å². The van der Waals surface area contributed by atoms with E-state index in [4.69, 9.17) is 4.74 Å². The van der Waals surface area contributed by atoms with Crippen molar-refractivity contribution < 1.29 is 14.6 Å². The zero-order chi connectivity index (χ0) is 13.7. The highest BCUT2D eigenvalue weighted by Gasteiger charge is 2.21. The van der Waals surface area contributed by atoms with Crippen molar-refractivity contribution in [3.8, 4) is 5.75 Å². The molecule has 5 heteroatoms. The Bertz CT molecular complexity index is 419. The number of carbonyl (C=O) groups is 1. The van der Waals surface area contributed by atoms with E-state index in [0.717, 1.165) is 24.2 Å². The number of benzene rings is 1. The van der Waals surface area contributed by atoms with Crippen LogP contribution < -0.4 is 10.1 Å². The second kappa shape index (κ2) is 6.43. The number of likely N-dealkylation sites (tertiary alicyclic amines) is 1. The average molecular weight is 264 g/mol. The first-order valence-electron chi connectivity index (χ1n) is 6.53. The lowest BCUT2D eigenvalue weighted by atomic mass is 10.1. The maximum atomic E-state index is 11.9. The van der Waals surface area contributed by atoms with Crippen LogP contribution in [0.15, 0.2) is 24.3 Å². The van der Waals surface area contributed by atoms with Crippen molar-refractivity contribution in [2.24, 2.45) is 0 Å². The molecular formula is C14H20N2O3. The first kappa shape index (κ1) is 13.7. The minimum Gasteiger partial charge on any atom is -0.497 e. The molecule has 1 aromatic rings. The van der Waals surface area contributed by atoms with E-state index in [0.29, 0.717) is 19.6 Å². The summed E-state index contributed by atoms with van der Waals surface area (Å²) < 4.78 is 5.08. The number of nitrogens with one attached hydrogen (secondary N) is 1. The second-order valence-electron chi connectivity index (χ2n) is 4.75. The Morgan fingerprint density at radius 3 is 2.84 bits per heavy atom. The largest absolute Gasteiger partial charge is 0.497 e. The molecule has 0 aliphatic carbocycles. The summed E-state index contributed by atoms with van der Waals surface area (Å²) in [6, 6.07) is 7.46. The average Bonchev–Trinajstić information content (AvgIpc) is 2.45. The van der Waals surface area contributed by atoms with Gasteiger partial charge in [0.1, 0.15) is 5.75 Å². The summed E-state index contributed by atoms with van der Waals surface area (Å²) in [6.45, 7) is 1.62. The van der Waals surface area contributed by atoms with Crippen LogP contribution in [0.5, 0.6) is 5.75 Å². The topological polar surface area (TPSA) is 61.8 Å². The molecule has 1 saturated heterocycles. The van der Waals surface area contributed by atoms with Crippen molar-refractivity contribution in [3.05, 3.63) is 29.8 Å². The predicted molar refractivity (Wildman–Crippen MR) is 72.0 cm³/mol. The highest BCUT2D eigenvalue weighted by molar-refractivity contribution is 5.74. The maximum Gasteiger partial charge on any atom is 0.317 e. The zero-order valence-corrected chi connectivity index (χ0v) is 11.1. The Balaban J connectivity index is 1.82. The number of aliphatic hydroxyl groups excluding tert-OH is 1. The molecule has 1 fully saturated rings. The first-order valence-corrected chi connectivity index (χ1v) is 6.53. The number of urea groups is 1. The van der Waals surface area contributed by atoms with E-state index in [1.807, 2.05) is 24.3 Å². The molecule has 2 amide bonds. The predicted octanol–water partition coefficient (Wildman–Crippen LogP) is 1.36. The molecule has 0 bridgehead atoms. The summed E-state index contributed by atoms with van der Waals surface area (Å²) in [4.78, 5) is 13.6. The molecule has 0 unspecified atom stereocenters. The molecule has 1 aromatic carbocycles. The van der Waals surface area contributed by atoms with Gasteiger partial charge < -0.3 is 20.1 Å². The van der Waals surface area contributed by atoms with Crippen LogP contribution in [-0.4, -0.2) is 42.3 Å². The van der Waals surface area contributed by atoms with E-state index in [1.54, 1.807) is 12.0 Å². The molecule has 19 heavy (non-hydrogen) atoms. The molecule has 0 radical (unpaired) electrons. The molecule has 1 heterocycles. The van der Waals surface area contributed by atoms with Gasteiger partial charge in [0.05, 0.1) is 13.2 Å². The van der Waals surface area contributed by atoms with Gasteiger partial charge in [-0.3, -0.25) is 0 Å². The number of ether oxygens (including phenoxy) is 1. The number of hydrogen-bond acceptors (Lipinski definition) is 3. The Morgan fingerprint density at radius 2 is 2.21 bits per heavy atom. The van der Waals surface area contributed by atoms with Gasteiger partial charge in [-0.2, -0.15) is 0 Å². The van der Waals surface area contributed by atoms with Gasteiger partial charge in [0, 0.05) is 19.6 Å². The van der Waals surface area contributed by atoms with Gasteiger partial charge in [-0.25, -0.2) is 4.79 Å². The van der Waals surface area contributed by atoms with Crippen molar-refractivity contribution in [2.45, 2.75) is 25.5 Å². The summed E-state index contributed by atoms with van der Waals surface area (Å²) in [7, 11) is 1.62. The van der Waals surface area contributed by atoms with Crippen LogP contribution in [0.3, 0.4) is 0 Å². The van der Waals surface area contributed by atoms with Crippen LogP contribution in [-0.2, 0) is 6.54 Å². The van der Waals surface area contributed by atoms with Crippen LogP contribution >= 0.6 is 0 Å². The van der Waals surface area contributed by atoms with Crippen molar-refractivity contribution in [1.29, 1.82) is 0 Å². The summed E-state index contributed by atoms with van der Waals surface area (Å²) in [5.74, 6) is 0.800. The molecule has 1 aliphatic rings. The summed E-state index contributed by atoms with van der Waals surface area (Å²) in [5.41, 5.74) is 1.02. The number of piperidine rings is 1. The molecule has 1 aliphatic heterocycles. The van der Waals surface area contributed by atoms with E-state index in [9.17, 15) is 9.90 Å². The van der Waals surface area contributed by atoms with Gasteiger partial charge in [0.2, 0.25) is 0 Å². The molecule has 104 valence electrons. The van der Waals surface area contributed by atoms with Gasteiger partial charge in [-0.15, -0.1) is 0 Å². The third-order valence-electron chi connectivity index (χ3n) is 3.29. The van der Waals surface area contributed by atoms with Gasteiger partial charge in [-0.05, 0) is 30.5 Å². The number of carbonyl (C=O) groups excluding carboxylic acids is 1. The number of amides is 2. The van der Waals surface area contributed by atoms with Gasteiger partial charge in [0.15, 0.2) is 0 Å². The molecule has 2 N–H and O–H groups in total. The third-order valence-corrected chi connectivity index (χ3v) is 3.29. The number of β-amino-alcohol motifs (C(OH)–C–C–N with tert-alkyl or cyclic N) is 1. The number of methoxy groups -OCH3 is 1. The van der Waals surface area contributed by atoms with Gasteiger partial charge in [-0.1, -0.05) is 12.1 Å². The SMILES string of the molecule is COc1ccc(CNC(=O)N2CCC[C@H](O)C2)cc1. The quantitative estimate of drug-likeness (QED) is 0.866. The van der Waals surface area contributed by atoms with E-state index >= 15 is 0 Å². The van der Waals surface area contributed by atoms with E-state index in [-0.39, 0.29) is 12.1 Å². The number of nitrogens with zero attached hydrogens (tertiary/aromatic N) is 1. The van der Waals surface area contributed by atoms with Crippen LogP contribution in [0.2, 0.25) is 0 Å². The molecule has 0 saturated carbocycles. The molecule has 5 nitrogen and oxygen atoms in total. The number of hydrogen-bond donors (Lipinski definition) is 2. The van der Waals surface area contributed by atoms with Crippen molar-refractivity contribution >= 4 is 6.03 Å². The summed E-state index contributed by atoms with van der Waals surface area (Å²) in [6.07, 6.45) is 1.25. The summed E-state index contributed by atoms with van der Waals surface area (Å²) >= 11 is 0. The van der Waals surface area contributed by atoms with Gasteiger partial charge in [0.25, 0.3) is 0 Å². The highest BCUT2D eigenvalue weighted by atomic mass is 16.5. The maximum absolute atomic E-state index is 11.9. The smallest absolute Gasteiger partial charge is 0.317 e. The second-order valence-corrected chi connectivity index (χ2v) is 4.75. The standard InChI is InChI=1S/C14H20N2O3/c1-19-13-6-4-11(5-7-13)9-15-14(18)16-8-2-3-12(17)10-16/h4-7,12,17H,2-3,8-10H2,1H3,(H,15,18)/t12-/m0/s1. The van der Waals surface area contributed by atoms with E-state index in [1.165, 1.54) is 0 Å². The Labute approximate surface area is 113 Å². The normalized spacial score (nSPS) is 19.1. The molecule has 0 spiro atoms. The molecule has 1 atom stereocenters. The lowest BCUT2D eigenvalue weighted by Gasteiger charge is -2.30. The van der Waals surface area contributed by atoms with Crippen LogP contribution in [0.1, 0.15) is 18.4 Å². The highest BCUT2D eigenvalue weighted by Crippen LogP contribution is 2.12. The van der Waals surface area contributed by atoms with Crippen molar-refractivity contribution in [2.75, 3.05) is 20.2 Å². The van der Waals surface area contributed by atoms with Crippen LogP contribution in [0.25, 0.3) is 0 Å². The van der Waals surface area contributed by atoms with Crippen LogP contribution in [0.4, 0.5) is 4.79 Å². The fourth-order valence-electron chi connectivity index (χ4n) is 2.17. The zero-order valence-electron chi connectivity index (χ0n) is 11.1. The fraction of sp³-hybridized carbons (Fsp3) is 0.500. The van der Waals surface area contributed by atoms with E-state index < -0.39 is 0 Å². The monoisotopic (exact) mass is 264 g/mol. The number of aliphatic hydroxyl groups is 1. The molecule has 0 aromatic heterocycles. The third kappa shape index (κ3) is 3.86. The fourth-order valence-corrected chi connectivity index (χ4v) is 2.17. The minimum atomic E-state index is -0.388. The number of rotatable bonds is 3. The van der Waals surface area contributed by atoms with Gasteiger partial charge >= 0.3 is 6.03 Å². The Hall–Kier alpha value is -1.75. The summed E-state index contributed by atoms with van der Waals surface area (Å²) in [5, 5.41) is 12.4. The molecule has 2 rings (SSSR count). The first-order chi connectivity index (χ1) is 9.19. The van der Waals surface area contributed by atoms with Crippen molar-refractivity contribution in [1.82, 2.24) is 10.2 Å².